The monoisotopic (exact) mass is 487 g/mol. The molecule has 190 valence electrons. The number of ether oxygens (including phenoxy) is 2. The van der Waals surface area contributed by atoms with Crippen molar-refractivity contribution < 1.29 is 18.7 Å². The van der Waals surface area contributed by atoms with Gasteiger partial charge in [0.2, 0.25) is 11.9 Å². The number of carbonyl (C=O) groups is 1. The van der Waals surface area contributed by atoms with Gasteiger partial charge in [-0.3, -0.25) is 5.01 Å². The molecular formula is C24H34FN7O3. The number of benzene rings is 1. The molecule has 2 heterocycles. The summed E-state index contributed by atoms with van der Waals surface area (Å²) in [4.78, 5) is 27.5. The lowest BCUT2D eigenvalue weighted by Crippen LogP contribution is -2.50. The first kappa shape index (κ1) is 24.9. The van der Waals surface area contributed by atoms with Crippen LogP contribution in [-0.2, 0) is 4.74 Å². The van der Waals surface area contributed by atoms with Crippen LogP contribution in [0.3, 0.4) is 0 Å². The normalized spacial score (nSPS) is 17.5. The van der Waals surface area contributed by atoms with E-state index in [0.717, 1.165) is 25.7 Å². The van der Waals surface area contributed by atoms with Crippen LogP contribution in [0.2, 0.25) is 0 Å². The molecule has 1 aromatic heterocycles. The van der Waals surface area contributed by atoms with Crippen LogP contribution in [0, 0.1) is 5.82 Å². The number of hydrazine groups is 1. The summed E-state index contributed by atoms with van der Waals surface area (Å²) in [7, 11) is 2.81. The van der Waals surface area contributed by atoms with Crippen molar-refractivity contribution in [2.75, 3.05) is 37.6 Å². The summed E-state index contributed by atoms with van der Waals surface area (Å²) in [5, 5.41) is 4.69. The van der Waals surface area contributed by atoms with Gasteiger partial charge in [0.05, 0.1) is 20.3 Å². The molecule has 3 N–H and O–H groups in total. The molecule has 11 heteroatoms. The van der Waals surface area contributed by atoms with Gasteiger partial charge in [-0.15, -0.1) is 0 Å². The Kier molecular flexibility index (Phi) is 8.17. The van der Waals surface area contributed by atoms with Crippen molar-refractivity contribution >= 4 is 23.7 Å². The van der Waals surface area contributed by atoms with Crippen LogP contribution in [0.1, 0.15) is 63.1 Å². The summed E-state index contributed by atoms with van der Waals surface area (Å²) in [6.07, 6.45) is 7.74. The fraction of sp³-hybridized carbons (Fsp3) is 0.583. The van der Waals surface area contributed by atoms with Crippen LogP contribution in [0.15, 0.2) is 18.2 Å². The Morgan fingerprint density at radius 2 is 1.80 bits per heavy atom. The number of anilines is 3. The Balaban J connectivity index is 1.58. The highest BCUT2D eigenvalue weighted by Gasteiger charge is 2.29. The van der Waals surface area contributed by atoms with Crippen molar-refractivity contribution in [3.8, 4) is 5.75 Å². The molecule has 0 atom stereocenters. The number of aromatic nitrogens is 3. The molecule has 1 aliphatic carbocycles. The summed E-state index contributed by atoms with van der Waals surface area (Å²) in [6, 6.07) is 4.57. The van der Waals surface area contributed by atoms with E-state index in [1.165, 1.54) is 33.1 Å². The minimum Gasteiger partial charge on any atom is -0.494 e. The summed E-state index contributed by atoms with van der Waals surface area (Å²) >= 11 is 0. The van der Waals surface area contributed by atoms with Gasteiger partial charge in [0.15, 0.2) is 11.6 Å². The first-order valence-corrected chi connectivity index (χ1v) is 12.2. The van der Waals surface area contributed by atoms with Crippen LogP contribution in [0.4, 0.5) is 26.8 Å². The first-order chi connectivity index (χ1) is 17.0. The largest absolute Gasteiger partial charge is 0.494 e. The molecule has 2 aromatic rings. The number of nitrogens with zero attached hydrogens (tertiary/aromatic N) is 5. The van der Waals surface area contributed by atoms with Gasteiger partial charge >= 0.3 is 6.09 Å². The Hall–Kier alpha value is -3.21. The summed E-state index contributed by atoms with van der Waals surface area (Å²) in [6.45, 7) is 1.09. The van der Waals surface area contributed by atoms with Gasteiger partial charge < -0.3 is 19.7 Å². The number of methoxy groups -OCH3 is 2. The highest BCUT2D eigenvalue weighted by molar-refractivity contribution is 5.67. The predicted molar refractivity (Wildman–Crippen MR) is 130 cm³/mol. The third kappa shape index (κ3) is 6.08. The first-order valence-electron chi connectivity index (χ1n) is 12.2. The predicted octanol–water partition coefficient (Wildman–Crippen LogP) is 4.11. The molecule has 1 aliphatic heterocycles. The Bertz CT molecular complexity index is 1010. The van der Waals surface area contributed by atoms with Crippen molar-refractivity contribution in [2.24, 2.45) is 5.84 Å². The van der Waals surface area contributed by atoms with Gasteiger partial charge in [0.25, 0.3) is 0 Å². The van der Waals surface area contributed by atoms with Gasteiger partial charge in [0.1, 0.15) is 5.82 Å². The third-order valence-corrected chi connectivity index (χ3v) is 6.79. The number of halogens is 1. The summed E-state index contributed by atoms with van der Waals surface area (Å²) in [5.41, 5.74) is 0.502. The zero-order chi connectivity index (χ0) is 24.8. The van der Waals surface area contributed by atoms with Crippen molar-refractivity contribution in [3.05, 3.63) is 29.8 Å². The number of nitrogens with two attached hydrogens (primary N) is 1. The molecule has 10 nitrogen and oxygen atoms in total. The number of hydrogen-bond acceptors (Lipinski definition) is 9. The maximum Gasteiger partial charge on any atom is 0.409 e. The average molecular weight is 488 g/mol. The smallest absolute Gasteiger partial charge is 0.409 e. The fourth-order valence-corrected chi connectivity index (χ4v) is 4.76. The second-order valence-electron chi connectivity index (χ2n) is 9.08. The average Bonchev–Trinajstić information content (AvgIpc) is 3.18. The highest BCUT2D eigenvalue weighted by atomic mass is 19.1. The van der Waals surface area contributed by atoms with Crippen molar-refractivity contribution in [1.82, 2.24) is 19.9 Å². The molecule has 1 saturated carbocycles. The van der Waals surface area contributed by atoms with E-state index in [1.807, 2.05) is 0 Å². The molecule has 2 fully saturated rings. The van der Waals surface area contributed by atoms with Crippen LogP contribution in [-0.4, -0.2) is 59.3 Å². The molecule has 35 heavy (non-hydrogen) atoms. The maximum atomic E-state index is 14.2. The molecule has 4 rings (SSSR count). The lowest BCUT2D eigenvalue weighted by atomic mass is 10.00. The van der Waals surface area contributed by atoms with E-state index in [0.29, 0.717) is 49.3 Å². The maximum absolute atomic E-state index is 14.2. The second kappa shape index (κ2) is 11.5. The van der Waals surface area contributed by atoms with Gasteiger partial charge in [-0.25, -0.2) is 15.0 Å². The number of nitrogens with one attached hydrogen (secondary N) is 1. The van der Waals surface area contributed by atoms with E-state index < -0.39 is 5.82 Å². The molecule has 1 amide bonds. The number of piperidine rings is 1. The quantitative estimate of drug-likeness (QED) is 0.352. The lowest BCUT2D eigenvalue weighted by molar-refractivity contribution is 0.112. The fourth-order valence-electron chi connectivity index (χ4n) is 4.76. The van der Waals surface area contributed by atoms with E-state index in [9.17, 15) is 9.18 Å². The standard InChI is InChI=1S/C24H34FN7O3/c1-34-20-10-9-17(15-19(20)25)27-22-28-21(16-7-5-3-4-6-8-16)29-23(30-22)32(26)18-11-13-31(14-12-18)24(33)35-2/h9-10,15-16,18H,3-8,11-14,26H2,1-2H3,(H,27,28,29,30). The van der Waals surface area contributed by atoms with Crippen molar-refractivity contribution in [2.45, 2.75) is 63.3 Å². The number of amides is 1. The minimum absolute atomic E-state index is 0.0356. The lowest BCUT2D eigenvalue weighted by Gasteiger charge is -2.35. The summed E-state index contributed by atoms with van der Waals surface area (Å²) in [5.74, 6) is 7.82. The third-order valence-electron chi connectivity index (χ3n) is 6.79. The van der Waals surface area contributed by atoms with E-state index >= 15 is 0 Å². The number of hydrogen-bond donors (Lipinski definition) is 2. The van der Waals surface area contributed by atoms with E-state index in [2.05, 4.69) is 10.3 Å². The molecule has 2 aliphatic rings. The Morgan fingerprint density at radius 3 is 2.43 bits per heavy atom. The minimum atomic E-state index is -0.478. The van der Waals surface area contributed by atoms with Gasteiger partial charge in [-0.1, -0.05) is 25.7 Å². The highest BCUT2D eigenvalue weighted by Crippen LogP contribution is 2.32. The SMILES string of the molecule is COC(=O)N1CCC(N(N)c2nc(Nc3ccc(OC)c(F)c3)nc(C3CCCCCC3)n2)CC1. The van der Waals surface area contributed by atoms with Crippen LogP contribution < -0.4 is 20.9 Å². The molecular weight excluding hydrogens is 453 g/mol. The molecule has 0 spiro atoms. The van der Waals surface area contributed by atoms with E-state index in [4.69, 9.17) is 25.3 Å². The molecule has 0 radical (unpaired) electrons. The van der Waals surface area contributed by atoms with Gasteiger partial charge in [0, 0.05) is 30.8 Å². The molecule has 1 saturated heterocycles. The van der Waals surface area contributed by atoms with Gasteiger partial charge in [-0.05, 0) is 37.8 Å². The van der Waals surface area contributed by atoms with Crippen molar-refractivity contribution in [1.29, 1.82) is 0 Å². The Morgan fingerprint density at radius 1 is 1.09 bits per heavy atom. The molecule has 0 unspecified atom stereocenters. The van der Waals surface area contributed by atoms with Crippen LogP contribution in [0.5, 0.6) is 5.75 Å². The van der Waals surface area contributed by atoms with E-state index in [-0.39, 0.29) is 23.8 Å². The topological polar surface area (TPSA) is 119 Å². The summed E-state index contributed by atoms with van der Waals surface area (Å²) < 4.78 is 24.1. The number of rotatable bonds is 6. The van der Waals surface area contributed by atoms with Crippen molar-refractivity contribution in [3.63, 3.8) is 0 Å². The molecule has 0 bridgehead atoms. The second-order valence-corrected chi connectivity index (χ2v) is 9.08. The number of carbonyl (C=O) groups excluding carboxylic acids is 1. The van der Waals surface area contributed by atoms with Crippen LogP contribution >= 0.6 is 0 Å². The Labute approximate surface area is 205 Å². The zero-order valence-corrected chi connectivity index (χ0v) is 20.4. The van der Waals surface area contributed by atoms with Crippen LogP contribution in [0.25, 0.3) is 0 Å². The van der Waals surface area contributed by atoms with Gasteiger partial charge in [-0.2, -0.15) is 15.0 Å². The molecule has 1 aromatic carbocycles. The van der Waals surface area contributed by atoms with E-state index in [1.54, 1.807) is 22.0 Å². The zero-order valence-electron chi connectivity index (χ0n) is 20.4. The number of likely N-dealkylation sites (tertiary alicyclic amines) is 1.